The van der Waals surface area contributed by atoms with Gasteiger partial charge in [-0.1, -0.05) is 23.4 Å². The molecular formula is C18H19N7. The molecule has 3 aromatic heterocycles. The molecule has 25 heavy (non-hydrogen) atoms. The van der Waals surface area contributed by atoms with Crippen LogP contribution in [0.15, 0.2) is 42.7 Å². The highest BCUT2D eigenvalue weighted by molar-refractivity contribution is 5.92. The van der Waals surface area contributed by atoms with Crippen LogP contribution in [0.25, 0.3) is 22.2 Å². The smallest absolute Gasteiger partial charge is 0.147 e. The summed E-state index contributed by atoms with van der Waals surface area (Å²) >= 11 is 0. The summed E-state index contributed by atoms with van der Waals surface area (Å²) in [5, 5.41) is 14.1. The fourth-order valence-corrected chi connectivity index (χ4v) is 3.01. The number of para-hydroxylation sites is 1. The fraction of sp³-hybridized carbons (Fsp3) is 0.278. The van der Waals surface area contributed by atoms with Gasteiger partial charge in [-0.05, 0) is 32.4 Å². The third-order valence-electron chi connectivity index (χ3n) is 4.18. The molecule has 0 fully saturated rings. The molecule has 0 bridgehead atoms. The molecule has 0 aliphatic rings. The average molecular weight is 333 g/mol. The number of rotatable bonds is 5. The van der Waals surface area contributed by atoms with E-state index in [-0.39, 0.29) is 0 Å². The van der Waals surface area contributed by atoms with Gasteiger partial charge in [-0.25, -0.2) is 4.98 Å². The zero-order valence-corrected chi connectivity index (χ0v) is 14.3. The second kappa shape index (κ2) is 6.43. The van der Waals surface area contributed by atoms with E-state index in [1.807, 2.05) is 59.9 Å². The molecule has 3 heterocycles. The van der Waals surface area contributed by atoms with Crippen LogP contribution in [0, 0.1) is 13.8 Å². The first-order valence-corrected chi connectivity index (χ1v) is 8.33. The van der Waals surface area contributed by atoms with Gasteiger partial charge in [0, 0.05) is 30.2 Å². The summed E-state index contributed by atoms with van der Waals surface area (Å²) in [6.07, 6.45) is 4.72. The van der Waals surface area contributed by atoms with E-state index in [9.17, 15) is 0 Å². The highest BCUT2D eigenvalue weighted by Crippen LogP contribution is 2.25. The van der Waals surface area contributed by atoms with Crippen molar-refractivity contribution < 1.29 is 0 Å². The lowest BCUT2D eigenvalue weighted by Crippen LogP contribution is -2.07. The minimum absolute atomic E-state index is 0.786. The van der Waals surface area contributed by atoms with Crippen molar-refractivity contribution in [3.8, 4) is 11.3 Å². The minimum Gasteiger partial charge on any atom is -0.256 e. The molecule has 4 rings (SSSR count). The molecule has 0 unspecified atom stereocenters. The van der Waals surface area contributed by atoms with Crippen LogP contribution in [-0.4, -0.2) is 34.7 Å². The van der Waals surface area contributed by atoms with E-state index in [4.69, 9.17) is 0 Å². The Kier molecular flexibility index (Phi) is 3.97. The van der Waals surface area contributed by atoms with Gasteiger partial charge in [0.05, 0.1) is 11.7 Å². The van der Waals surface area contributed by atoms with Crippen LogP contribution < -0.4 is 0 Å². The highest BCUT2D eigenvalue weighted by Gasteiger charge is 2.09. The Hall–Kier alpha value is -3.09. The van der Waals surface area contributed by atoms with Crippen LogP contribution in [0.2, 0.25) is 0 Å². The number of nitrogens with zero attached hydrogens (tertiary/aromatic N) is 7. The van der Waals surface area contributed by atoms with Crippen LogP contribution in [0.5, 0.6) is 0 Å². The van der Waals surface area contributed by atoms with Crippen LogP contribution in [0.4, 0.5) is 0 Å². The highest BCUT2D eigenvalue weighted by atomic mass is 15.4. The van der Waals surface area contributed by atoms with E-state index in [0.717, 1.165) is 53.3 Å². The van der Waals surface area contributed by atoms with E-state index in [0.29, 0.717) is 0 Å². The van der Waals surface area contributed by atoms with E-state index in [2.05, 4.69) is 31.4 Å². The van der Waals surface area contributed by atoms with Gasteiger partial charge in [-0.15, -0.1) is 5.10 Å². The summed E-state index contributed by atoms with van der Waals surface area (Å²) in [6, 6.07) is 10.1. The first-order valence-electron chi connectivity index (χ1n) is 8.33. The SMILES string of the molecule is Cc1nc(C)n(CCCn2cc(-c3ccnc4ccccc34)nn2)n1. The molecule has 1 aromatic carbocycles. The molecule has 126 valence electrons. The second-order valence-corrected chi connectivity index (χ2v) is 6.03. The first kappa shape index (κ1) is 15.4. The molecule has 0 radical (unpaired) electrons. The van der Waals surface area contributed by atoms with Gasteiger partial charge in [0.15, 0.2) is 0 Å². The molecule has 7 nitrogen and oxygen atoms in total. The first-order chi connectivity index (χ1) is 12.2. The maximum atomic E-state index is 4.40. The standard InChI is InChI=1S/C18H19N7/c1-13-20-14(2)25(22-13)11-5-10-24-12-18(21-23-24)16-8-9-19-17-7-4-3-6-15(16)17/h3-4,6-9,12H,5,10-11H2,1-2H3. The van der Waals surface area contributed by atoms with E-state index in [1.54, 1.807) is 0 Å². The lowest BCUT2D eigenvalue weighted by Gasteiger charge is -2.03. The van der Waals surface area contributed by atoms with Gasteiger partial charge in [0.2, 0.25) is 0 Å². The van der Waals surface area contributed by atoms with Gasteiger partial charge in [-0.3, -0.25) is 14.3 Å². The molecule has 7 heteroatoms. The topological polar surface area (TPSA) is 74.3 Å². The average Bonchev–Trinajstić information content (AvgIpc) is 3.21. The molecular weight excluding hydrogens is 314 g/mol. The number of aromatic nitrogens is 7. The van der Waals surface area contributed by atoms with E-state index in [1.165, 1.54) is 0 Å². The van der Waals surface area contributed by atoms with Gasteiger partial charge >= 0.3 is 0 Å². The van der Waals surface area contributed by atoms with Crippen molar-refractivity contribution in [3.05, 3.63) is 54.4 Å². The van der Waals surface area contributed by atoms with Crippen molar-refractivity contribution in [1.29, 1.82) is 0 Å². The summed E-state index contributed by atoms with van der Waals surface area (Å²) in [5.74, 6) is 1.75. The van der Waals surface area contributed by atoms with Crippen LogP contribution >= 0.6 is 0 Å². The summed E-state index contributed by atoms with van der Waals surface area (Å²) in [6.45, 7) is 5.49. The number of hydrogen-bond donors (Lipinski definition) is 0. The van der Waals surface area contributed by atoms with Crippen LogP contribution in [0.1, 0.15) is 18.1 Å². The quantitative estimate of drug-likeness (QED) is 0.561. The summed E-state index contributed by atoms with van der Waals surface area (Å²) in [7, 11) is 0. The zero-order chi connectivity index (χ0) is 17.2. The molecule has 0 atom stereocenters. The lowest BCUT2D eigenvalue weighted by molar-refractivity contribution is 0.484. The maximum Gasteiger partial charge on any atom is 0.147 e. The van der Waals surface area contributed by atoms with Crippen molar-refractivity contribution in [3.63, 3.8) is 0 Å². The number of benzene rings is 1. The van der Waals surface area contributed by atoms with Gasteiger partial charge in [0.25, 0.3) is 0 Å². The van der Waals surface area contributed by atoms with Crippen molar-refractivity contribution in [2.75, 3.05) is 0 Å². The number of aryl methyl sites for hydroxylation is 4. The third-order valence-corrected chi connectivity index (χ3v) is 4.18. The van der Waals surface area contributed by atoms with Crippen LogP contribution in [-0.2, 0) is 13.1 Å². The largest absolute Gasteiger partial charge is 0.256 e. The minimum atomic E-state index is 0.786. The monoisotopic (exact) mass is 333 g/mol. The molecule has 4 aromatic rings. The van der Waals surface area contributed by atoms with Crippen LogP contribution in [0.3, 0.4) is 0 Å². The van der Waals surface area contributed by atoms with E-state index >= 15 is 0 Å². The van der Waals surface area contributed by atoms with Crippen molar-refractivity contribution in [1.82, 2.24) is 34.7 Å². The Balaban J connectivity index is 1.49. The Morgan fingerprint density at radius 1 is 1.04 bits per heavy atom. The normalized spacial score (nSPS) is 11.3. The predicted octanol–water partition coefficient (Wildman–Crippen LogP) is 2.79. The molecule has 0 saturated heterocycles. The van der Waals surface area contributed by atoms with Gasteiger partial charge < -0.3 is 0 Å². The molecule has 0 saturated carbocycles. The molecule has 0 amide bonds. The fourth-order valence-electron chi connectivity index (χ4n) is 3.01. The maximum absolute atomic E-state index is 4.40. The summed E-state index contributed by atoms with van der Waals surface area (Å²) in [5.41, 5.74) is 2.89. The van der Waals surface area contributed by atoms with Crippen molar-refractivity contribution >= 4 is 10.9 Å². The summed E-state index contributed by atoms with van der Waals surface area (Å²) < 4.78 is 3.81. The third kappa shape index (κ3) is 3.13. The Morgan fingerprint density at radius 3 is 2.76 bits per heavy atom. The molecule has 0 aliphatic heterocycles. The van der Waals surface area contributed by atoms with Gasteiger partial charge in [0.1, 0.15) is 17.3 Å². The Bertz CT molecular complexity index is 1010. The number of fused-ring (bicyclic) bond motifs is 1. The van der Waals surface area contributed by atoms with Crippen molar-refractivity contribution in [2.24, 2.45) is 0 Å². The summed E-state index contributed by atoms with van der Waals surface area (Å²) in [4.78, 5) is 8.72. The number of pyridine rings is 1. The Labute approximate surface area is 145 Å². The Morgan fingerprint density at radius 2 is 1.92 bits per heavy atom. The van der Waals surface area contributed by atoms with Crippen molar-refractivity contribution in [2.45, 2.75) is 33.4 Å². The molecule has 0 spiro atoms. The zero-order valence-electron chi connectivity index (χ0n) is 14.3. The lowest BCUT2D eigenvalue weighted by atomic mass is 10.1. The predicted molar refractivity (Wildman–Crippen MR) is 94.9 cm³/mol. The van der Waals surface area contributed by atoms with Gasteiger partial charge in [-0.2, -0.15) is 5.10 Å². The number of hydrogen-bond acceptors (Lipinski definition) is 5. The molecule has 0 N–H and O–H groups in total. The second-order valence-electron chi connectivity index (χ2n) is 6.03. The van der Waals surface area contributed by atoms with E-state index < -0.39 is 0 Å². The molecule has 0 aliphatic carbocycles.